The number of ether oxygens (including phenoxy) is 1. The Morgan fingerprint density at radius 2 is 1.74 bits per heavy atom. The molecular formula is C27H24ClN3O3. The molecule has 6 nitrogen and oxygen atoms in total. The minimum absolute atomic E-state index is 0.186. The third kappa shape index (κ3) is 3.84. The van der Waals surface area contributed by atoms with E-state index >= 15 is 0 Å². The smallest absolute Gasteiger partial charge is 0.321 e. The zero-order valence-corrected chi connectivity index (χ0v) is 19.7. The highest BCUT2D eigenvalue weighted by molar-refractivity contribution is 6.30. The number of halogens is 1. The van der Waals surface area contributed by atoms with Crippen molar-refractivity contribution in [2.75, 3.05) is 11.5 Å². The van der Waals surface area contributed by atoms with Crippen molar-refractivity contribution in [2.45, 2.75) is 26.4 Å². The number of benzene rings is 3. The molecule has 3 aromatic carbocycles. The molecule has 7 heteroatoms. The monoisotopic (exact) mass is 473 g/mol. The first kappa shape index (κ1) is 22.2. The fraction of sp³-hybridized carbons (Fsp3) is 0.222. The van der Waals surface area contributed by atoms with Crippen molar-refractivity contribution in [2.24, 2.45) is 5.92 Å². The number of imidazole rings is 1. The molecule has 0 saturated heterocycles. The van der Waals surface area contributed by atoms with Crippen LogP contribution in [0.2, 0.25) is 5.02 Å². The van der Waals surface area contributed by atoms with Gasteiger partial charge in [-0.05, 0) is 49.2 Å². The highest BCUT2D eigenvalue weighted by Crippen LogP contribution is 2.42. The van der Waals surface area contributed by atoms with Gasteiger partial charge in [-0.15, -0.1) is 0 Å². The van der Waals surface area contributed by atoms with Crippen molar-refractivity contribution >= 4 is 40.5 Å². The standard InChI is InChI=1S/C27H24ClN3O3/c1-3-34-26(33)23-24(19-12-14-20(28)15-13-19)31-22-7-5-4-6-21(22)29-27(31)30(25(23)32)16-18-10-8-17(2)9-11-18/h4-15,23-24H,3,16H2,1-2H3/t23-,24+/m1/s1. The molecule has 1 amide bonds. The van der Waals surface area contributed by atoms with E-state index in [4.69, 9.17) is 21.3 Å². The van der Waals surface area contributed by atoms with E-state index in [-0.39, 0.29) is 12.5 Å². The number of carbonyl (C=O) groups excluding carboxylic acids is 2. The molecule has 1 aliphatic heterocycles. The molecule has 0 saturated carbocycles. The van der Waals surface area contributed by atoms with E-state index in [0.29, 0.717) is 17.5 Å². The van der Waals surface area contributed by atoms with Gasteiger partial charge in [0, 0.05) is 5.02 Å². The number of hydrogen-bond donors (Lipinski definition) is 0. The predicted molar refractivity (Wildman–Crippen MR) is 132 cm³/mol. The van der Waals surface area contributed by atoms with Crippen molar-refractivity contribution in [1.82, 2.24) is 9.55 Å². The van der Waals surface area contributed by atoms with Gasteiger partial charge in [0.05, 0.1) is 30.2 Å². The van der Waals surface area contributed by atoms with Crippen LogP contribution in [0.4, 0.5) is 5.95 Å². The molecule has 0 fully saturated rings. The lowest BCUT2D eigenvalue weighted by molar-refractivity contribution is -0.153. The average molecular weight is 474 g/mol. The maximum absolute atomic E-state index is 13.9. The van der Waals surface area contributed by atoms with Crippen molar-refractivity contribution in [1.29, 1.82) is 0 Å². The molecule has 2 heterocycles. The topological polar surface area (TPSA) is 64.4 Å². The summed E-state index contributed by atoms with van der Waals surface area (Å²) in [5.74, 6) is -1.43. The summed E-state index contributed by atoms with van der Waals surface area (Å²) in [5.41, 5.74) is 4.46. The highest BCUT2D eigenvalue weighted by Gasteiger charge is 2.47. The maximum atomic E-state index is 13.9. The van der Waals surface area contributed by atoms with Crippen LogP contribution in [0.25, 0.3) is 11.0 Å². The fourth-order valence-corrected chi connectivity index (χ4v) is 4.66. The minimum Gasteiger partial charge on any atom is -0.465 e. The minimum atomic E-state index is -1.06. The molecule has 1 aliphatic rings. The lowest BCUT2D eigenvalue weighted by atomic mass is 9.89. The zero-order valence-electron chi connectivity index (χ0n) is 18.9. The Bertz CT molecular complexity index is 1360. The average Bonchev–Trinajstić information content (AvgIpc) is 3.22. The Morgan fingerprint density at radius 3 is 2.44 bits per heavy atom. The number of carbonyl (C=O) groups is 2. The second kappa shape index (κ2) is 8.95. The number of fused-ring (bicyclic) bond motifs is 3. The van der Waals surface area contributed by atoms with E-state index in [1.54, 1.807) is 24.0 Å². The second-order valence-electron chi connectivity index (χ2n) is 8.41. The van der Waals surface area contributed by atoms with Crippen molar-refractivity contribution in [3.8, 4) is 0 Å². The van der Waals surface area contributed by atoms with Crippen LogP contribution < -0.4 is 4.90 Å². The van der Waals surface area contributed by atoms with Gasteiger partial charge < -0.3 is 9.30 Å². The maximum Gasteiger partial charge on any atom is 0.321 e. The Kier molecular flexibility index (Phi) is 5.84. The van der Waals surface area contributed by atoms with Gasteiger partial charge in [0.25, 0.3) is 0 Å². The molecule has 0 spiro atoms. The number of aryl methyl sites for hydroxylation is 1. The molecular weight excluding hydrogens is 450 g/mol. The van der Waals surface area contributed by atoms with Gasteiger partial charge in [-0.3, -0.25) is 14.5 Å². The van der Waals surface area contributed by atoms with E-state index < -0.39 is 17.9 Å². The largest absolute Gasteiger partial charge is 0.465 e. The summed E-state index contributed by atoms with van der Waals surface area (Å²) in [6.45, 7) is 4.24. The molecule has 4 aromatic rings. The molecule has 0 unspecified atom stereocenters. The second-order valence-corrected chi connectivity index (χ2v) is 8.84. The van der Waals surface area contributed by atoms with Crippen molar-refractivity contribution in [3.05, 3.63) is 94.5 Å². The normalized spacial score (nSPS) is 17.6. The molecule has 0 bridgehead atoms. The van der Waals surface area contributed by atoms with Crippen LogP contribution in [0.15, 0.2) is 72.8 Å². The van der Waals surface area contributed by atoms with Crippen LogP contribution in [-0.2, 0) is 20.9 Å². The van der Waals surface area contributed by atoms with E-state index in [1.807, 2.05) is 72.2 Å². The summed E-state index contributed by atoms with van der Waals surface area (Å²) in [4.78, 5) is 33.6. The SMILES string of the molecule is CCOC(=O)[C@H]1C(=O)N(Cc2ccc(C)cc2)c2nc3ccccc3n2[C@H]1c1ccc(Cl)cc1. The Hall–Kier alpha value is -3.64. The first-order valence-electron chi connectivity index (χ1n) is 11.2. The third-order valence-electron chi connectivity index (χ3n) is 6.16. The third-order valence-corrected chi connectivity index (χ3v) is 6.41. The molecule has 1 aromatic heterocycles. The summed E-state index contributed by atoms with van der Waals surface area (Å²) in [6.07, 6.45) is 0. The van der Waals surface area contributed by atoms with Crippen LogP contribution in [-0.4, -0.2) is 28.0 Å². The molecule has 0 radical (unpaired) electrons. The van der Waals surface area contributed by atoms with E-state index in [1.165, 1.54) is 0 Å². The van der Waals surface area contributed by atoms with Gasteiger partial charge in [0.1, 0.15) is 0 Å². The van der Waals surface area contributed by atoms with E-state index in [9.17, 15) is 9.59 Å². The zero-order chi connectivity index (χ0) is 23.8. The molecule has 172 valence electrons. The lowest BCUT2D eigenvalue weighted by Gasteiger charge is -2.38. The molecule has 0 N–H and O–H groups in total. The van der Waals surface area contributed by atoms with Crippen LogP contribution in [0.5, 0.6) is 0 Å². The number of nitrogens with zero attached hydrogens (tertiary/aromatic N) is 3. The number of rotatable bonds is 5. The van der Waals surface area contributed by atoms with Gasteiger partial charge in [-0.25, -0.2) is 4.98 Å². The Balaban J connectivity index is 1.73. The quantitative estimate of drug-likeness (QED) is 0.291. The van der Waals surface area contributed by atoms with Crippen LogP contribution >= 0.6 is 11.6 Å². The number of para-hydroxylation sites is 2. The summed E-state index contributed by atoms with van der Waals surface area (Å²) < 4.78 is 7.38. The molecule has 5 rings (SSSR count). The van der Waals surface area contributed by atoms with Crippen LogP contribution in [0.1, 0.15) is 29.7 Å². The molecule has 0 aliphatic carbocycles. The first-order chi connectivity index (χ1) is 16.5. The summed E-state index contributed by atoms with van der Waals surface area (Å²) in [7, 11) is 0. The Morgan fingerprint density at radius 1 is 1.03 bits per heavy atom. The van der Waals surface area contributed by atoms with Gasteiger partial charge >= 0.3 is 5.97 Å². The number of esters is 1. The number of amides is 1. The lowest BCUT2D eigenvalue weighted by Crippen LogP contribution is -2.49. The fourth-order valence-electron chi connectivity index (χ4n) is 4.53. The number of hydrogen-bond acceptors (Lipinski definition) is 4. The summed E-state index contributed by atoms with van der Waals surface area (Å²) >= 11 is 6.14. The van der Waals surface area contributed by atoms with Crippen molar-refractivity contribution < 1.29 is 14.3 Å². The van der Waals surface area contributed by atoms with E-state index in [2.05, 4.69) is 0 Å². The van der Waals surface area contributed by atoms with Crippen LogP contribution in [0.3, 0.4) is 0 Å². The predicted octanol–water partition coefficient (Wildman–Crippen LogP) is 5.31. The number of anilines is 1. The summed E-state index contributed by atoms with van der Waals surface area (Å²) in [6, 6.07) is 22.3. The first-order valence-corrected chi connectivity index (χ1v) is 11.6. The van der Waals surface area contributed by atoms with Gasteiger partial charge in [-0.2, -0.15) is 0 Å². The molecule has 2 atom stereocenters. The highest BCUT2D eigenvalue weighted by atomic mass is 35.5. The Labute approximate surface area is 202 Å². The molecule has 34 heavy (non-hydrogen) atoms. The van der Waals surface area contributed by atoms with Gasteiger partial charge in [-0.1, -0.05) is 65.7 Å². The van der Waals surface area contributed by atoms with Crippen LogP contribution in [0, 0.1) is 12.8 Å². The summed E-state index contributed by atoms with van der Waals surface area (Å²) in [5, 5.41) is 0.579. The number of aromatic nitrogens is 2. The van der Waals surface area contributed by atoms with Gasteiger partial charge in [0.15, 0.2) is 5.92 Å². The van der Waals surface area contributed by atoms with Crippen molar-refractivity contribution in [3.63, 3.8) is 0 Å². The van der Waals surface area contributed by atoms with E-state index in [0.717, 1.165) is 27.7 Å². The van der Waals surface area contributed by atoms with Gasteiger partial charge in [0.2, 0.25) is 11.9 Å².